The molecule has 0 saturated carbocycles. The van der Waals surface area contributed by atoms with E-state index in [4.69, 9.17) is 4.74 Å². The van der Waals surface area contributed by atoms with Crippen LogP contribution in [-0.2, 0) is 6.42 Å². The Morgan fingerprint density at radius 3 is 2.07 bits per heavy atom. The lowest BCUT2D eigenvalue weighted by atomic mass is 10.1. The molecular weight excluding hydrogens is 180 g/mol. The van der Waals surface area contributed by atoms with Gasteiger partial charge in [-0.15, -0.1) is 0 Å². The predicted octanol–water partition coefficient (Wildman–Crippen LogP) is 0.963. The molecule has 14 heavy (non-hydrogen) atoms. The van der Waals surface area contributed by atoms with Crippen molar-refractivity contribution in [1.82, 2.24) is 19.9 Å². The lowest BCUT2D eigenvalue weighted by Gasteiger charge is -2.16. The van der Waals surface area contributed by atoms with Gasteiger partial charge in [0.2, 0.25) is 0 Å². The van der Waals surface area contributed by atoms with Crippen molar-refractivity contribution in [2.75, 3.05) is 0 Å². The molecule has 0 atom stereocenters. The van der Waals surface area contributed by atoms with E-state index >= 15 is 0 Å². The molecule has 0 fully saturated rings. The first kappa shape index (κ1) is 7.37. The molecule has 2 aromatic heterocycles. The van der Waals surface area contributed by atoms with E-state index in [1.54, 1.807) is 12.4 Å². The maximum atomic E-state index is 5.53. The number of fused-ring (bicyclic) bond motifs is 2. The Hall–Kier alpha value is -2.04. The van der Waals surface area contributed by atoms with Gasteiger partial charge in [0.25, 0.3) is 0 Å². The highest BCUT2D eigenvalue weighted by Gasteiger charge is 2.18. The third kappa shape index (κ3) is 1.02. The van der Waals surface area contributed by atoms with Crippen LogP contribution in [0.4, 0.5) is 0 Å². The number of hydrogen-bond donors (Lipinski definition) is 0. The molecule has 0 aliphatic carbocycles. The number of nitrogens with zero attached hydrogens (tertiary/aromatic N) is 4. The van der Waals surface area contributed by atoms with Crippen LogP contribution < -0.4 is 4.74 Å². The van der Waals surface area contributed by atoms with E-state index < -0.39 is 0 Å². The van der Waals surface area contributed by atoms with Gasteiger partial charge in [0, 0.05) is 6.42 Å². The van der Waals surface area contributed by atoms with Crippen LogP contribution in [-0.4, -0.2) is 19.9 Å². The lowest BCUT2D eigenvalue weighted by molar-refractivity contribution is 0.444. The van der Waals surface area contributed by atoms with Crippen molar-refractivity contribution in [3.05, 3.63) is 36.4 Å². The van der Waals surface area contributed by atoms with Crippen LogP contribution in [0, 0.1) is 0 Å². The van der Waals surface area contributed by atoms with Gasteiger partial charge in [-0.05, 0) is 0 Å². The molecule has 1 aliphatic rings. The summed E-state index contributed by atoms with van der Waals surface area (Å²) in [5.74, 6) is 1.38. The van der Waals surface area contributed by atoms with Gasteiger partial charge in [0.05, 0.1) is 23.8 Å². The maximum Gasteiger partial charge on any atom is 0.167 e. The average Bonchev–Trinajstić information content (AvgIpc) is 2.26. The minimum atomic E-state index is 0.676. The third-order valence-electron chi connectivity index (χ3n) is 2.07. The van der Waals surface area contributed by atoms with Crippen LogP contribution in [0.5, 0.6) is 11.5 Å². The second-order valence-corrected chi connectivity index (χ2v) is 2.95. The van der Waals surface area contributed by atoms with Crippen molar-refractivity contribution in [1.29, 1.82) is 0 Å². The van der Waals surface area contributed by atoms with Crippen molar-refractivity contribution < 1.29 is 4.74 Å². The minimum absolute atomic E-state index is 0.676. The van der Waals surface area contributed by atoms with Gasteiger partial charge in [-0.25, -0.2) is 19.9 Å². The minimum Gasteiger partial charge on any atom is -0.450 e. The first-order chi connectivity index (χ1) is 6.93. The zero-order valence-electron chi connectivity index (χ0n) is 7.21. The quantitative estimate of drug-likeness (QED) is 0.523. The average molecular weight is 186 g/mol. The van der Waals surface area contributed by atoms with E-state index in [0.29, 0.717) is 17.9 Å². The molecule has 0 saturated heterocycles. The largest absolute Gasteiger partial charge is 0.450 e. The van der Waals surface area contributed by atoms with E-state index in [9.17, 15) is 0 Å². The summed E-state index contributed by atoms with van der Waals surface area (Å²) in [6.07, 6.45) is 7.00. The van der Waals surface area contributed by atoms with Crippen molar-refractivity contribution in [3.63, 3.8) is 0 Å². The molecule has 0 spiro atoms. The molecule has 5 heteroatoms. The molecule has 2 aromatic rings. The molecule has 3 heterocycles. The van der Waals surface area contributed by atoms with Crippen molar-refractivity contribution in [2.45, 2.75) is 6.42 Å². The highest BCUT2D eigenvalue weighted by molar-refractivity contribution is 5.41. The lowest BCUT2D eigenvalue weighted by Crippen LogP contribution is -2.07. The third-order valence-corrected chi connectivity index (χ3v) is 2.07. The summed E-state index contributed by atoms with van der Waals surface area (Å²) in [6.45, 7) is 0. The normalized spacial score (nSPS) is 12.6. The molecule has 0 bridgehead atoms. The van der Waals surface area contributed by atoms with Crippen molar-refractivity contribution in [2.24, 2.45) is 0 Å². The zero-order valence-corrected chi connectivity index (χ0v) is 7.21. The summed E-state index contributed by atoms with van der Waals surface area (Å²) >= 11 is 0. The fourth-order valence-corrected chi connectivity index (χ4v) is 1.40. The highest BCUT2D eigenvalue weighted by Crippen LogP contribution is 2.32. The van der Waals surface area contributed by atoms with Crippen LogP contribution in [0.1, 0.15) is 11.4 Å². The number of aromatic nitrogens is 4. The molecule has 1 aliphatic heterocycles. The summed E-state index contributed by atoms with van der Waals surface area (Å²) in [4.78, 5) is 16.0. The standard InChI is InChI=1S/C9H6N4O/c1-6-8(2-10-4-12-6)14-9-3-11-5-13-7(1)9/h2-5H,1H2. The Morgan fingerprint density at radius 1 is 0.929 bits per heavy atom. The molecule has 5 nitrogen and oxygen atoms in total. The van der Waals surface area contributed by atoms with Gasteiger partial charge in [-0.3, -0.25) is 0 Å². The fourth-order valence-electron chi connectivity index (χ4n) is 1.40. The van der Waals surface area contributed by atoms with Gasteiger partial charge in [-0.1, -0.05) is 0 Å². The molecule has 0 N–H and O–H groups in total. The Balaban J connectivity index is 2.12. The second-order valence-electron chi connectivity index (χ2n) is 2.95. The maximum absolute atomic E-state index is 5.53. The van der Waals surface area contributed by atoms with Crippen LogP contribution in [0.15, 0.2) is 25.0 Å². The number of rotatable bonds is 0. The first-order valence-corrected chi connectivity index (χ1v) is 4.19. The van der Waals surface area contributed by atoms with Gasteiger partial charge in [-0.2, -0.15) is 0 Å². The van der Waals surface area contributed by atoms with Crippen LogP contribution in [0.25, 0.3) is 0 Å². The van der Waals surface area contributed by atoms with E-state index in [2.05, 4.69) is 19.9 Å². The van der Waals surface area contributed by atoms with E-state index in [0.717, 1.165) is 11.4 Å². The SMILES string of the molecule is c1ncc2c(n1)Cc1ncncc1O2. The predicted molar refractivity (Wildman–Crippen MR) is 46.9 cm³/mol. The van der Waals surface area contributed by atoms with Crippen molar-refractivity contribution in [3.8, 4) is 11.5 Å². The summed E-state index contributed by atoms with van der Waals surface area (Å²) in [6, 6.07) is 0. The molecule has 0 amide bonds. The summed E-state index contributed by atoms with van der Waals surface area (Å²) in [5, 5.41) is 0. The summed E-state index contributed by atoms with van der Waals surface area (Å²) in [5.41, 5.74) is 1.73. The molecule has 0 aromatic carbocycles. The zero-order chi connectivity index (χ0) is 9.38. The van der Waals surface area contributed by atoms with Crippen LogP contribution in [0.2, 0.25) is 0 Å². The topological polar surface area (TPSA) is 60.8 Å². The molecule has 68 valence electrons. The van der Waals surface area contributed by atoms with Crippen molar-refractivity contribution >= 4 is 0 Å². The van der Waals surface area contributed by atoms with Crippen LogP contribution in [0.3, 0.4) is 0 Å². The van der Waals surface area contributed by atoms with Gasteiger partial charge >= 0.3 is 0 Å². The Morgan fingerprint density at radius 2 is 1.50 bits per heavy atom. The smallest absolute Gasteiger partial charge is 0.167 e. The molecular formula is C9H6N4O. The molecule has 0 unspecified atom stereocenters. The van der Waals surface area contributed by atoms with Gasteiger partial charge in [0.1, 0.15) is 12.7 Å². The second kappa shape index (κ2) is 2.73. The summed E-state index contributed by atoms with van der Waals surface area (Å²) < 4.78 is 5.53. The van der Waals surface area contributed by atoms with E-state index in [1.165, 1.54) is 12.7 Å². The van der Waals surface area contributed by atoms with E-state index in [-0.39, 0.29) is 0 Å². The number of hydrogen-bond acceptors (Lipinski definition) is 5. The van der Waals surface area contributed by atoms with E-state index in [1.807, 2.05) is 0 Å². The Bertz CT molecular complexity index is 398. The first-order valence-electron chi connectivity index (χ1n) is 4.19. The Labute approximate surface area is 79.8 Å². The molecule has 0 radical (unpaired) electrons. The molecule has 3 rings (SSSR count). The highest BCUT2D eigenvalue weighted by atomic mass is 16.5. The monoisotopic (exact) mass is 186 g/mol. The summed E-state index contributed by atoms with van der Waals surface area (Å²) in [7, 11) is 0. The fraction of sp³-hybridized carbons (Fsp3) is 0.111. The number of ether oxygens (including phenoxy) is 1. The van der Waals surface area contributed by atoms with Gasteiger partial charge in [0.15, 0.2) is 11.5 Å². The van der Waals surface area contributed by atoms with Gasteiger partial charge < -0.3 is 4.74 Å². The Kier molecular flexibility index (Phi) is 1.44. The van der Waals surface area contributed by atoms with Crippen LogP contribution >= 0.6 is 0 Å².